The largest absolute Gasteiger partial charge is 0.385 e. The molecule has 29 heavy (non-hydrogen) atoms. The second-order valence-electron chi connectivity index (χ2n) is 7.29. The third-order valence-corrected chi connectivity index (χ3v) is 5.43. The molecule has 2 aromatic rings. The summed E-state index contributed by atoms with van der Waals surface area (Å²) < 4.78 is 11.0. The summed E-state index contributed by atoms with van der Waals surface area (Å²) in [6.45, 7) is 5.06. The summed E-state index contributed by atoms with van der Waals surface area (Å²) in [4.78, 5) is 6.98. The first kappa shape index (κ1) is 21.2. The zero-order valence-electron chi connectivity index (χ0n) is 15.9. The van der Waals surface area contributed by atoms with Gasteiger partial charge >= 0.3 is 0 Å². The molecule has 1 unspecified atom stereocenters. The van der Waals surface area contributed by atoms with E-state index in [4.69, 9.17) is 19.9 Å². The molecule has 158 valence electrons. The van der Waals surface area contributed by atoms with Crippen LogP contribution in [-0.4, -0.2) is 65.5 Å². The topological polar surface area (TPSA) is 119 Å². The van der Waals surface area contributed by atoms with Crippen molar-refractivity contribution in [1.82, 2.24) is 15.2 Å². The van der Waals surface area contributed by atoms with Crippen molar-refractivity contribution in [1.29, 1.82) is 5.41 Å². The van der Waals surface area contributed by atoms with Gasteiger partial charge in [-0.15, -0.1) is 0 Å². The number of pyridine rings is 1. The number of aromatic nitrogens is 3. The van der Waals surface area contributed by atoms with Gasteiger partial charge in [-0.3, -0.25) is 5.10 Å². The van der Waals surface area contributed by atoms with Gasteiger partial charge in [-0.25, -0.2) is 4.98 Å². The molecule has 2 aliphatic heterocycles. The van der Waals surface area contributed by atoms with Gasteiger partial charge in [0, 0.05) is 50.4 Å². The first-order valence-corrected chi connectivity index (χ1v) is 9.57. The Hall–Kier alpha value is -2.49. The summed E-state index contributed by atoms with van der Waals surface area (Å²) in [6.07, 6.45) is 3.87. The van der Waals surface area contributed by atoms with E-state index in [-0.39, 0.29) is 13.5 Å². The molecule has 9 nitrogen and oxygen atoms in total. The molecule has 0 bridgehead atoms. The molecule has 0 saturated carbocycles. The van der Waals surface area contributed by atoms with Crippen molar-refractivity contribution in [2.75, 3.05) is 43.2 Å². The van der Waals surface area contributed by atoms with Crippen LogP contribution in [0.5, 0.6) is 0 Å². The summed E-state index contributed by atoms with van der Waals surface area (Å²) in [6, 6.07) is 3.89. The fourth-order valence-electron chi connectivity index (χ4n) is 3.81. The number of aliphatic hydroxyl groups is 1. The molecule has 0 aromatic carbocycles. The highest BCUT2D eigenvalue weighted by atomic mass is 16.5. The lowest BCUT2D eigenvalue weighted by Gasteiger charge is -2.37. The van der Waals surface area contributed by atoms with E-state index in [0.717, 1.165) is 12.4 Å². The zero-order chi connectivity index (χ0) is 19.6. The fraction of sp³-hybridized carbons (Fsp3) is 0.550. The van der Waals surface area contributed by atoms with Crippen molar-refractivity contribution >= 4 is 23.7 Å². The van der Waals surface area contributed by atoms with E-state index in [1.807, 2.05) is 6.07 Å². The van der Waals surface area contributed by atoms with Gasteiger partial charge in [0.15, 0.2) is 0 Å². The van der Waals surface area contributed by atoms with E-state index >= 15 is 0 Å². The Morgan fingerprint density at radius 1 is 1.34 bits per heavy atom. The van der Waals surface area contributed by atoms with Crippen molar-refractivity contribution < 1.29 is 14.6 Å². The van der Waals surface area contributed by atoms with E-state index in [9.17, 15) is 5.11 Å². The van der Waals surface area contributed by atoms with Crippen molar-refractivity contribution in [3.05, 3.63) is 29.5 Å². The number of anilines is 3. The van der Waals surface area contributed by atoms with Crippen LogP contribution in [0.4, 0.5) is 17.5 Å². The van der Waals surface area contributed by atoms with E-state index in [2.05, 4.69) is 27.3 Å². The minimum Gasteiger partial charge on any atom is -0.385 e. The van der Waals surface area contributed by atoms with Crippen LogP contribution in [0.1, 0.15) is 38.3 Å². The van der Waals surface area contributed by atoms with Crippen LogP contribution in [0.15, 0.2) is 18.3 Å². The highest BCUT2D eigenvalue weighted by Crippen LogP contribution is 2.38. The van der Waals surface area contributed by atoms with Gasteiger partial charge in [0.25, 0.3) is 0 Å². The second kappa shape index (κ2) is 8.89. The normalized spacial score (nSPS) is 21.3. The fourth-order valence-corrected chi connectivity index (χ4v) is 3.81. The molecule has 4 heterocycles. The first-order valence-electron chi connectivity index (χ1n) is 9.57. The average Bonchev–Trinajstić information content (AvgIpc) is 3.21. The lowest BCUT2D eigenvalue weighted by Crippen LogP contribution is -2.44. The summed E-state index contributed by atoms with van der Waals surface area (Å²) in [5.41, 5.74) is 0.225. The Kier molecular flexibility index (Phi) is 6.51. The molecule has 4 rings (SSSR count). The highest BCUT2D eigenvalue weighted by molar-refractivity contribution is 5.89. The lowest BCUT2D eigenvalue weighted by atomic mass is 9.84. The molecular formula is C20H30N6O3. The van der Waals surface area contributed by atoms with Crippen LogP contribution in [0.2, 0.25) is 0 Å². The van der Waals surface area contributed by atoms with E-state index < -0.39 is 5.60 Å². The van der Waals surface area contributed by atoms with Crippen molar-refractivity contribution in [2.24, 2.45) is 0 Å². The number of nitrogens with zero attached hydrogens (tertiary/aromatic N) is 3. The predicted molar refractivity (Wildman–Crippen MR) is 112 cm³/mol. The SMILES string of the molecule is C.CC1COCCN1c1cc(C2(O)CCOCC2)c(C=N)c(Nc2ccn[nH]2)n1. The molecule has 2 saturated heterocycles. The summed E-state index contributed by atoms with van der Waals surface area (Å²) in [5, 5.41) is 29.4. The number of hydrogen-bond acceptors (Lipinski definition) is 8. The number of H-pyrrole nitrogens is 1. The molecule has 2 fully saturated rings. The van der Waals surface area contributed by atoms with E-state index in [1.165, 1.54) is 6.21 Å². The van der Waals surface area contributed by atoms with Crippen LogP contribution in [-0.2, 0) is 15.1 Å². The summed E-state index contributed by atoms with van der Waals surface area (Å²) in [5.74, 6) is 1.95. The van der Waals surface area contributed by atoms with Gasteiger partial charge in [-0.1, -0.05) is 7.43 Å². The molecule has 0 amide bonds. The molecule has 0 aliphatic carbocycles. The molecular weight excluding hydrogens is 372 g/mol. The number of rotatable bonds is 5. The molecule has 9 heteroatoms. The summed E-state index contributed by atoms with van der Waals surface area (Å²) >= 11 is 0. The van der Waals surface area contributed by atoms with Crippen LogP contribution < -0.4 is 10.2 Å². The Labute approximate surface area is 170 Å². The smallest absolute Gasteiger partial charge is 0.143 e. The van der Waals surface area contributed by atoms with E-state index in [0.29, 0.717) is 62.0 Å². The first-order chi connectivity index (χ1) is 13.6. The lowest BCUT2D eigenvalue weighted by molar-refractivity contribution is -0.0679. The van der Waals surface area contributed by atoms with Crippen molar-refractivity contribution in [3.63, 3.8) is 0 Å². The highest BCUT2D eigenvalue weighted by Gasteiger charge is 2.36. The van der Waals surface area contributed by atoms with Gasteiger partial charge in [0.2, 0.25) is 0 Å². The Bertz CT molecular complexity index is 820. The van der Waals surface area contributed by atoms with Gasteiger partial charge in [-0.2, -0.15) is 5.10 Å². The zero-order valence-corrected chi connectivity index (χ0v) is 15.9. The molecule has 0 spiro atoms. The molecule has 2 aromatic heterocycles. The van der Waals surface area contributed by atoms with Gasteiger partial charge in [0.05, 0.1) is 31.1 Å². The monoisotopic (exact) mass is 402 g/mol. The standard InChI is InChI=1S/C19H26N6O3.CH4/c1-13-12-28-9-6-25(13)17-10-15(19(26)3-7-27-8-4-19)14(11-20)18(23-17)22-16-2-5-21-24-16;/h2,5,10-11,13,20,26H,3-4,6-9,12H2,1H3,(H2,21,22,23,24);1H4. The van der Waals surface area contributed by atoms with Crippen LogP contribution in [0.3, 0.4) is 0 Å². The van der Waals surface area contributed by atoms with Crippen molar-refractivity contribution in [3.8, 4) is 0 Å². The Morgan fingerprint density at radius 2 is 2.14 bits per heavy atom. The Balaban J connectivity index is 0.00000240. The molecule has 0 radical (unpaired) electrons. The minimum atomic E-state index is -1.05. The van der Waals surface area contributed by atoms with Crippen LogP contribution >= 0.6 is 0 Å². The Morgan fingerprint density at radius 3 is 2.79 bits per heavy atom. The maximum atomic E-state index is 11.4. The van der Waals surface area contributed by atoms with Crippen LogP contribution in [0, 0.1) is 5.41 Å². The van der Waals surface area contributed by atoms with Gasteiger partial charge in [-0.05, 0) is 18.6 Å². The predicted octanol–water partition coefficient (Wildman–Crippen LogP) is 2.41. The number of nitrogens with one attached hydrogen (secondary N) is 3. The summed E-state index contributed by atoms with van der Waals surface area (Å²) in [7, 11) is 0. The number of ether oxygens (including phenoxy) is 2. The quantitative estimate of drug-likeness (QED) is 0.567. The van der Waals surface area contributed by atoms with Crippen LogP contribution in [0.25, 0.3) is 0 Å². The third kappa shape index (κ3) is 4.26. The van der Waals surface area contributed by atoms with E-state index in [1.54, 1.807) is 12.3 Å². The average molecular weight is 402 g/mol. The minimum absolute atomic E-state index is 0. The molecule has 1 atom stereocenters. The molecule has 2 aliphatic rings. The number of aromatic amines is 1. The third-order valence-electron chi connectivity index (χ3n) is 5.43. The van der Waals surface area contributed by atoms with Crippen molar-refractivity contribution in [2.45, 2.75) is 38.8 Å². The second-order valence-corrected chi connectivity index (χ2v) is 7.29. The maximum absolute atomic E-state index is 11.4. The number of morpholine rings is 1. The maximum Gasteiger partial charge on any atom is 0.143 e. The van der Waals surface area contributed by atoms with Gasteiger partial charge in [0.1, 0.15) is 17.5 Å². The molecule has 4 N–H and O–H groups in total. The van der Waals surface area contributed by atoms with Gasteiger partial charge < -0.3 is 30.2 Å². The number of hydrogen-bond donors (Lipinski definition) is 4.